The summed E-state index contributed by atoms with van der Waals surface area (Å²) >= 11 is 1.37. The zero-order valence-electron chi connectivity index (χ0n) is 16.7. The fourth-order valence-corrected chi connectivity index (χ4v) is 4.35. The summed E-state index contributed by atoms with van der Waals surface area (Å²) in [6.07, 6.45) is 4.11. The molecule has 1 saturated heterocycles. The van der Waals surface area contributed by atoms with Crippen molar-refractivity contribution in [3.63, 3.8) is 0 Å². The van der Waals surface area contributed by atoms with Gasteiger partial charge in [0.15, 0.2) is 16.7 Å². The molecule has 0 saturated carbocycles. The predicted octanol–water partition coefficient (Wildman–Crippen LogP) is 4.20. The van der Waals surface area contributed by atoms with Crippen molar-refractivity contribution in [2.45, 2.75) is 38.4 Å². The van der Waals surface area contributed by atoms with E-state index in [-0.39, 0.29) is 11.7 Å². The Labute approximate surface area is 174 Å². The Kier molecular flexibility index (Phi) is 5.89. The summed E-state index contributed by atoms with van der Waals surface area (Å²) in [5.41, 5.74) is 3.16. The van der Waals surface area contributed by atoms with Gasteiger partial charge in [-0.3, -0.25) is 9.36 Å². The molecule has 3 heterocycles. The molecule has 29 heavy (non-hydrogen) atoms. The van der Waals surface area contributed by atoms with Gasteiger partial charge in [-0.05, 0) is 62.6 Å². The number of rotatable bonds is 7. The van der Waals surface area contributed by atoms with Crippen LogP contribution in [-0.2, 0) is 11.3 Å². The van der Waals surface area contributed by atoms with Crippen LogP contribution < -0.4 is 10.2 Å². The number of amides is 1. The van der Waals surface area contributed by atoms with Gasteiger partial charge in [-0.1, -0.05) is 11.8 Å². The molecule has 1 aliphatic heterocycles. The minimum absolute atomic E-state index is 0.0581. The maximum Gasteiger partial charge on any atom is 0.234 e. The number of carbonyl (C=O) groups excluding carboxylic acids is 1. The van der Waals surface area contributed by atoms with Crippen molar-refractivity contribution in [1.82, 2.24) is 14.8 Å². The second kappa shape index (κ2) is 8.73. The van der Waals surface area contributed by atoms with Crippen LogP contribution in [0.15, 0.2) is 46.2 Å². The standard InChI is InChI=1S/C21H25N5O2S/c1-3-26-20(18-7-6-12-28-18)23-24-21(26)29-14-19(27)22-17-9-8-16(13-15(17)2)25-10-4-5-11-25/h6-9,12-13H,3-5,10-11,14H2,1-2H3,(H,22,27). The molecule has 3 aromatic rings. The van der Waals surface area contributed by atoms with E-state index in [1.54, 1.807) is 6.26 Å². The summed E-state index contributed by atoms with van der Waals surface area (Å²) in [7, 11) is 0. The van der Waals surface area contributed by atoms with Gasteiger partial charge in [0, 0.05) is 31.0 Å². The van der Waals surface area contributed by atoms with Crippen molar-refractivity contribution in [2.24, 2.45) is 0 Å². The summed E-state index contributed by atoms with van der Waals surface area (Å²) < 4.78 is 7.38. The number of nitrogens with one attached hydrogen (secondary N) is 1. The fraction of sp³-hybridized carbons (Fsp3) is 0.381. The molecule has 0 spiro atoms. The molecule has 0 radical (unpaired) electrons. The summed E-state index contributed by atoms with van der Waals surface area (Å²) in [6.45, 7) is 6.97. The second-order valence-electron chi connectivity index (χ2n) is 7.06. The van der Waals surface area contributed by atoms with Crippen LogP contribution in [0.25, 0.3) is 11.6 Å². The van der Waals surface area contributed by atoms with Crippen LogP contribution in [0.2, 0.25) is 0 Å². The number of benzene rings is 1. The highest BCUT2D eigenvalue weighted by molar-refractivity contribution is 7.99. The van der Waals surface area contributed by atoms with E-state index in [0.29, 0.717) is 23.3 Å². The highest BCUT2D eigenvalue weighted by atomic mass is 32.2. The molecule has 0 unspecified atom stereocenters. The van der Waals surface area contributed by atoms with Gasteiger partial charge >= 0.3 is 0 Å². The quantitative estimate of drug-likeness (QED) is 0.587. The Morgan fingerprint density at radius 3 is 2.76 bits per heavy atom. The average Bonchev–Trinajstić information content (AvgIpc) is 3.48. The first-order valence-electron chi connectivity index (χ1n) is 9.91. The third-order valence-corrected chi connectivity index (χ3v) is 6.03. The van der Waals surface area contributed by atoms with Crippen LogP contribution in [-0.4, -0.2) is 39.5 Å². The van der Waals surface area contributed by atoms with Gasteiger partial charge in [-0.2, -0.15) is 0 Å². The van der Waals surface area contributed by atoms with Crippen LogP contribution in [0, 0.1) is 6.92 Å². The normalized spacial score (nSPS) is 13.8. The van der Waals surface area contributed by atoms with Gasteiger partial charge in [-0.25, -0.2) is 0 Å². The maximum atomic E-state index is 12.5. The number of thioether (sulfide) groups is 1. The average molecular weight is 412 g/mol. The van der Waals surface area contributed by atoms with Crippen molar-refractivity contribution >= 4 is 29.0 Å². The first kappa shape index (κ1) is 19.6. The zero-order valence-corrected chi connectivity index (χ0v) is 17.5. The molecular formula is C21H25N5O2S. The lowest BCUT2D eigenvalue weighted by molar-refractivity contribution is -0.113. The van der Waals surface area contributed by atoms with E-state index in [0.717, 1.165) is 24.3 Å². The molecule has 1 N–H and O–H groups in total. The molecule has 1 aromatic carbocycles. The maximum absolute atomic E-state index is 12.5. The number of aryl methyl sites for hydroxylation is 1. The third-order valence-electron chi connectivity index (χ3n) is 5.06. The van der Waals surface area contributed by atoms with Gasteiger partial charge in [0.05, 0.1) is 12.0 Å². The van der Waals surface area contributed by atoms with Gasteiger partial charge in [-0.15, -0.1) is 10.2 Å². The number of nitrogens with zero attached hydrogens (tertiary/aromatic N) is 4. The minimum Gasteiger partial charge on any atom is -0.461 e. The Bertz CT molecular complexity index is 977. The Morgan fingerprint density at radius 1 is 1.24 bits per heavy atom. The molecule has 1 fully saturated rings. The molecule has 2 aromatic heterocycles. The van der Waals surface area contributed by atoms with Crippen molar-refractivity contribution in [2.75, 3.05) is 29.1 Å². The molecule has 4 rings (SSSR count). The smallest absolute Gasteiger partial charge is 0.234 e. The first-order valence-corrected chi connectivity index (χ1v) is 10.9. The summed E-state index contributed by atoms with van der Waals surface area (Å²) in [4.78, 5) is 14.9. The van der Waals surface area contributed by atoms with Crippen molar-refractivity contribution in [1.29, 1.82) is 0 Å². The molecule has 0 aliphatic carbocycles. The van der Waals surface area contributed by atoms with Gasteiger partial charge < -0.3 is 14.6 Å². The summed E-state index contributed by atoms with van der Waals surface area (Å²) in [5.74, 6) is 1.55. The third kappa shape index (κ3) is 4.32. The molecule has 1 amide bonds. The Hall–Kier alpha value is -2.74. The van der Waals surface area contributed by atoms with E-state index in [1.807, 2.05) is 36.6 Å². The molecular weight excluding hydrogens is 386 g/mol. The Balaban J connectivity index is 1.38. The van der Waals surface area contributed by atoms with E-state index in [4.69, 9.17) is 4.42 Å². The largest absolute Gasteiger partial charge is 0.461 e. The first-order chi connectivity index (χ1) is 14.2. The highest BCUT2D eigenvalue weighted by Crippen LogP contribution is 2.27. The highest BCUT2D eigenvalue weighted by Gasteiger charge is 2.17. The van der Waals surface area contributed by atoms with Crippen LogP contribution in [0.4, 0.5) is 11.4 Å². The van der Waals surface area contributed by atoms with Gasteiger partial charge in [0.25, 0.3) is 0 Å². The van der Waals surface area contributed by atoms with Gasteiger partial charge in [0.1, 0.15) is 0 Å². The number of hydrogen-bond donors (Lipinski definition) is 1. The molecule has 1 aliphatic rings. The number of furan rings is 1. The fourth-order valence-electron chi connectivity index (χ4n) is 3.55. The molecule has 0 atom stereocenters. The predicted molar refractivity (Wildman–Crippen MR) is 115 cm³/mol. The number of anilines is 2. The Morgan fingerprint density at radius 2 is 2.07 bits per heavy atom. The lowest BCUT2D eigenvalue weighted by Gasteiger charge is -2.19. The van der Waals surface area contributed by atoms with E-state index in [1.165, 1.54) is 30.3 Å². The number of carbonyl (C=O) groups is 1. The van der Waals surface area contributed by atoms with E-state index < -0.39 is 0 Å². The van der Waals surface area contributed by atoms with Crippen LogP contribution in [0.3, 0.4) is 0 Å². The zero-order chi connectivity index (χ0) is 20.2. The number of hydrogen-bond acceptors (Lipinski definition) is 6. The van der Waals surface area contributed by atoms with Crippen molar-refractivity contribution in [3.05, 3.63) is 42.2 Å². The van der Waals surface area contributed by atoms with Crippen molar-refractivity contribution in [3.8, 4) is 11.6 Å². The lowest BCUT2D eigenvalue weighted by Crippen LogP contribution is -2.18. The SMILES string of the molecule is CCn1c(SCC(=O)Nc2ccc(N3CCCC3)cc2C)nnc1-c1ccco1. The minimum atomic E-state index is -0.0581. The summed E-state index contributed by atoms with van der Waals surface area (Å²) in [6, 6.07) is 9.91. The van der Waals surface area contributed by atoms with E-state index in [2.05, 4.69) is 32.5 Å². The molecule has 152 valence electrons. The van der Waals surface area contributed by atoms with Crippen molar-refractivity contribution < 1.29 is 9.21 Å². The molecule has 8 heteroatoms. The van der Waals surface area contributed by atoms with E-state index >= 15 is 0 Å². The van der Waals surface area contributed by atoms with Crippen LogP contribution >= 0.6 is 11.8 Å². The lowest BCUT2D eigenvalue weighted by atomic mass is 10.1. The number of aromatic nitrogens is 3. The van der Waals surface area contributed by atoms with Crippen LogP contribution in [0.1, 0.15) is 25.3 Å². The van der Waals surface area contributed by atoms with E-state index in [9.17, 15) is 4.79 Å². The van der Waals surface area contributed by atoms with Gasteiger partial charge in [0.2, 0.25) is 5.91 Å². The summed E-state index contributed by atoms with van der Waals surface area (Å²) in [5, 5.41) is 12.2. The monoisotopic (exact) mass is 411 g/mol. The molecule has 0 bridgehead atoms. The second-order valence-corrected chi connectivity index (χ2v) is 8.00. The molecule has 7 nitrogen and oxygen atoms in total. The van der Waals surface area contributed by atoms with Crippen LogP contribution in [0.5, 0.6) is 0 Å². The topological polar surface area (TPSA) is 76.2 Å².